The topological polar surface area (TPSA) is 52.5 Å². The lowest BCUT2D eigenvalue weighted by Crippen LogP contribution is -1.91. The quantitative estimate of drug-likeness (QED) is 0.684. The van der Waals surface area contributed by atoms with Gasteiger partial charge in [-0.3, -0.25) is 5.10 Å². The molecule has 0 aliphatic heterocycles. The third kappa shape index (κ3) is 1.20. The molecular formula is C9H11N3. The summed E-state index contributed by atoms with van der Waals surface area (Å²) < 4.78 is 0. The largest absolute Gasteiger partial charge is 0.281 e. The highest BCUT2D eigenvalue weighted by atomic mass is 15.1. The molecule has 0 bridgehead atoms. The average molecular weight is 161 g/mol. The maximum atomic E-state index is 8.56. The van der Waals surface area contributed by atoms with Crippen molar-refractivity contribution in [3.8, 4) is 6.07 Å². The predicted octanol–water partition coefficient (Wildman–Crippen LogP) is 1.94. The summed E-state index contributed by atoms with van der Waals surface area (Å²) in [5.41, 5.74) is 1.65. The molecule has 0 aromatic carbocycles. The monoisotopic (exact) mass is 161 g/mol. The zero-order valence-electron chi connectivity index (χ0n) is 6.88. The van der Waals surface area contributed by atoms with Gasteiger partial charge in [-0.1, -0.05) is 12.8 Å². The van der Waals surface area contributed by atoms with Crippen LogP contribution in [0.15, 0.2) is 6.07 Å². The molecule has 3 heteroatoms. The molecule has 1 fully saturated rings. The minimum atomic E-state index is 0.511. The van der Waals surface area contributed by atoms with Gasteiger partial charge in [-0.25, -0.2) is 0 Å². The van der Waals surface area contributed by atoms with Gasteiger partial charge in [0.2, 0.25) is 0 Å². The highest BCUT2D eigenvalue weighted by Crippen LogP contribution is 2.32. The molecule has 12 heavy (non-hydrogen) atoms. The van der Waals surface area contributed by atoms with Crippen molar-refractivity contribution in [3.63, 3.8) is 0 Å². The second-order valence-electron chi connectivity index (χ2n) is 3.30. The first-order valence-electron chi connectivity index (χ1n) is 4.35. The van der Waals surface area contributed by atoms with Gasteiger partial charge in [0.05, 0.1) is 0 Å². The van der Waals surface area contributed by atoms with Gasteiger partial charge in [0.15, 0.2) is 5.69 Å². The molecule has 1 aromatic heterocycles. The van der Waals surface area contributed by atoms with Gasteiger partial charge in [0.25, 0.3) is 0 Å². The van der Waals surface area contributed by atoms with E-state index < -0.39 is 0 Å². The van der Waals surface area contributed by atoms with Crippen LogP contribution in [-0.2, 0) is 0 Å². The predicted molar refractivity (Wildman–Crippen MR) is 44.5 cm³/mol. The Balaban J connectivity index is 2.17. The molecule has 3 nitrogen and oxygen atoms in total. The summed E-state index contributed by atoms with van der Waals surface area (Å²) in [6.45, 7) is 0. The number of aromatic nitrogens is 2. The molecule has 1 aliphatic carbocycles. The Bertz CT molecular complexity index is 302. The summed E-state index contributed by atoms with van der Waals surface area (Å²) in [5.74, 6) is 0.625. The number of aromatic amines is 1. The summed E-state index contributed by atoms with van der Waals surface area (Å²) in [5, 5.41) is 15.4. The van der Waals surface area contributed by atoms with E-state index in [1.807, 2.05) is 12.1 Å². The normalized spacial score (nSPS) is 17.9. The van der Waals surface area contributed by atoms with Gasteiger partial charge in [-0.2, -0.15) is 10.4 Å². The third-order valence-electron chi connectivity index (χ3n) is 2.51. The number of nitrogens with one attached hydrogen (secondary N) is 1. The third-order valence-corrected chi connectivity index (χ3v) is 2.51. The van der Waals surface area contributed by atoms with Gasteiger partial charge in [-0.05, 0) is 18.9 Å². The standard InChI is InChI=1S/C9H11N3/c10-6-8-5-9(12-11-8)7-3-1-2-4-7/h5,7H,1-4H2,(H,11,12). The maximum Gasteiger partial charge on any atom is 0.162 e. The summed E-state index contributed by atoms with van der Waals surface area (Å²) >= 11 is 0. The van der Waals surface area contributed by atoms with Crippen LogP contribution in [0.4, 0.5) is 0 Å². The molecule has 1 N–H and O–H groups in total. The van der Waals surface area contributed by atoms with E-state index in [1.54, 1.807) is 0 Å². The number of nitriles is 1. The number of H-pyrrole nitrogens is 1. The lowest BCUT2D eigenvalue weighted by atomic mass is 10.0. The summed E-state index contributed by atoms with van der Waals surface area (Å²) in [6.07, 6.45) is 5.11. The van der Waals surface area contributed by atoms with Gasteiger partial charge in [0.1, 0.15) is 6.07 Å². The molecule has 1 aromatic rings. The van der Waals surface area contributed by atoms with Crippen molar-refractivity contribution in [1.82, 2.24) is 10.2 Å². The Labute approximate surface area is 71.4 Å². The number of hydrogen-bond acceptors (Lipinski definition) is 2. The molecule has 0 spiro atoms. The molecule has 0 unspecified atom stereocenters. The van der Waals surface area contributed by atoms with Crippen LogP contribution in [0.25, 0.3) is 0 Å². The van der Waals surface area contributed by atoms with Crippen LogP contribution < -0.4 is 0 Å². The Morgan fingerprint density at radius 2 is 2.25 bits per heavy atom. The van der Waals surface area contributed by atoms with Crippen molar-refractivity contribution < 1.29 is 0 Å². The molecule has 0 atom stereocenters. The average Bonchev–Trinajstić information content (AvgIpc) is 2.75. The summed E-state index contributed by atoms with van der Waals surface area (Å²) in [4.78, 5) is 0. The maximum absolute atomic E-state index is 8.56. The van der Waals surface area contributed by atoms with E-state index in [-0.39, 0.29) is 0 Å². The summed E-state index contributed by atoms with van der Waals surface area (Å²) in [7, 11) is 0. The zero-order chi connectivity index (χ0) is 8.39. The highest BCUT2D eigenvalue weighted by molar-refractivity contribution is 5.23. The number of rotatable bonds is 1. The number of nitrogens with zero attached hydrogens (tertiary/aromatic N) is 2. The molecule has 2 rings (SSSR count). The Morgan fingerprint density at radius 1 is 1.50 bits per heavy atom. The van der Waals surface area contributed by atoms with Crippen LogP contribution in [0.1, 0.15) is 43.0 Å². The van der Waals surface area contributed by atoms with E-state index in [1.165, 1.54) is 25.7 Å². The fourth-order valence-electron chi connectivity index (χ4n) is 1.84. The van der Waals surface area contributed by atoms with Crippen molar-refractivity contribution in [2.24, 2.45) is 0 Å². The lowest BCUT2D eigenvalue weighted by Gasteiger charge is -2.02. The van der Waals surface area contributed by atoms with Gasteiger partial charge in [-0.15, -0.1) is 0 Å². The van der Waals surface area contributed by atoms with E-state index >= 15 is 0 Å². The molecule has 62 valence electrons. The Morgan fingerprint density at radius 3 is 2.83 bits per heavy atom. The lowest BCUT2D eigenvalue weighted by molar-refractivity contribution is 0.693. The number of hydrogen-bond donors (Lipinski definition) is 1. The van der Waals surface area contributed by atoms with Crippen molar-refractivity contribution in [2.75, 3.05) is 0 Å². The molecule has 0 radical (unpaired) electrons. The first-order valence-corrected chi connectivity index (χ1v) is 4.35. The second-order valence-corrected chi connectivity index (χ2v) is 3.30. The van der Waals surface area contributed by atoms with Crippen molar-refractivity contribution >= 4 is 0 Å². The van der Waals surface area contributed by atoms with E-state index in [0.29, 0.717) is 11.6 Å². The fourth-order valence-corrected chi connectivity index (χ4v) is 1.84. The Kier molecular flexibility index (Phi) is 1.83. The minimum Gasteiger partial charge on any atom is -0.281 e. The van der Waals surface area contributed by atoms with E-state index in [0.717, 1.165) is 5.69 Å². The van der Waals surface area contributed by atoms with E-state index in [9.17, 15) is 0 Å². The fraction of sp³-hybridized carbons (Fsp3) is 0.556. The van der Waals surface area contributed by atoms with Crippen LogP contribution in [0.3, 0.4) is 0 Å². The van der Waals surface area contributed by atoms with Gasteiger partial charge >= 0.3 is 0 Å². The van der Waals surface area contributed by atoms with Crippen LogP contribution in [0.2, 0.25) is 0 Å². The molecule has 1 aliphatic rings. The molecule has 1 heterocycles. The summed E-state index contributed by atoms with van der Waals surface area (Å²) in [6, 6.07) is 3.90. The van der Waals surface area contributed by atoms with Gasteiger partial charge in [0, 0.05) is 11.6 Å². The molecule has 0 saturated heterocycles. The first-order chi connectivity index (χ1) is 5.90. The SMILES string of the molecule is N#Cc1cc(C2CCCC2)[nH]n1. The molecule has 0 amide bonds. The smallest absolute Gasteiger partial charge is 0.162 e. The van der Waals surface area contributed by atoms with Crippen molar-refractivity contribution in [3.05, 3.63) is 17.5 Å². The highest BCUT2D eigenvalue weighted by Gasteiger charge is 2.18. The Hall–Kier alpha value is -1.30. The van der Waals surface area contributed by atoms with Crippen LogP contribution in [0.5, 0.6) is 0 Å². The van der Waals surface area contributed by atoms with E-state index in [4.69, 9.17) is 5.26 Å². The second kappa shape index (κ2) is 2.98. The van der Waals surface area contributed by atoms with Crippen LogP contribution in [-0.4, -0.2) is 10.2 Å². The minimum absolute atomic E-state index is 0.511. The molecule has 1 saturated carbocycles. The zero-order valence-corrected chi connectivity index (χ0v) is 6.88. The molecular weight excluding hydrogens is 150 g/mol. The van der Waals surface area contributed by atoms with Crippen LogP contribution in [0, 0.1) is 11.3 Å². The van der Waals surface area contributed by atoms with E-state index in [2.05, 4.69) is 10.2 Å². The van der Waals surface area contributed by atoms with Crippen molar-refractivity contribution in [1.29, 1.82) is 5.26 Å². The van der Waals surface area contributed by atoms with Crippen molar-refractivity contribution in [2.45, 2.75) is 31.6 Å². The van der Waals surface area contributed by atoms with Gasteiger partial charge < -0.3 is 0 Å². The first kappa shape index (κ1) is 7.35. The van der Waals surface area contributed by atoms with Crippen LogP contribution >= 0.6 is 0 Å².